The molecule has 248 valence electrons. The molecule has 0 aromatic carbocycles. The SMILES string of the molecule is CC1(C)CC[C@]2(C(=O)N[C@@H](CCCN=C(N)N)C(=O)O)CC[C@]3(C)C(=CC[C@@H]4[C@@]5(C)CC[C@H](O)C(C)(C)[C@@H]5CC[C@]43C)[C@@H]2C1. The lowest BCUT2D eigenvalue weighted by Crippen LogP contribution is -2.65. The third-order valence-electron chi connectivity index (χ3n) is 14.6. The maximum atomic E-state index is 14.4. The summed E-state index contributed by atoms with van der Waals surface area (Å²) in [7, 11) is 0. The Morgan fingerprint density at radius 2 is 1.66 bits per heavy atom. The minimum Gasteiger partial charge on any atom is -0.480 e. The van der Waals surface area contributed by atoms with Gasteiger partial charge in [0.1, 0.15) is 6.04 Å². The number of allylic oxidation sites excluding steroid dienone is 2. The Hall–Kier alpha value is -2.09. The number of guanidine groups is 1. The average molecular weight is 613 g/mol. The fourth-order valence-electron chi connectivity index (χ4n) is 11.7. The number of amides is 1. The maximum Gasteiger partial charge on any atom is 0.326 e. The number of carbonyl (C=O) groups excluding carboxylic acids is 1. The van der Waals surface area contributed by atoms with Crippen LogP contribution in [-0.4, -0.2) is 46.7 Å². The molecule has 7 N–H and O–H groups in total. The number of aliphatic hydroxyl groups excluding tert-OH is 1. The lowest BCUT2D eigenvalue weighted by Gasteiger charge is -2.71. The van der Waals surface area contributed by atoms with Crippen LogP contribution in [0.4, 0.5) is 0 Å². The molecule has 5 aliphatic rings. The molecule has 0 aliphatic heterocycles. The van der Waals surface area contributed by atoms with Gasteiger partial charge in [-0.3, -0.25) is 9.79 Å². The Balaban J connectivity index is 1.48. The van der Waals surface area contributed by atoms with Gasteiger partial charge in [-0.05, 0) is 122 Å². The Bertz CT molecular complexity index is 1220. The summed E-state index contributed by atoms with van der Waals surface area (Å²) in [5.41, 5.74) is 12.1. The molecule has 8 heteroatoms. The molecule has 0 aromatic rings. The van der Waals surface area contributed by atoms with Gasteiger partial charge in [-0.25, -0.2) is 4.79 Å². The van der Waals surface area contributed by atoms with Gasteiger partial charge in [0.05, 0.1) is 11.5 Å². The maximum absolute atomic E-state index is 14.4. The number of nitrogens with one attached hydrogen (secondary N) is 1. The van der Waals surface area contributed by atoms with Crippen LogP contribution in [0.2, 0.25) is 0 Å². The molecule has 44 heavy (non-hydrogen) atoms. The third kappa shape index (κ3) is 5.00. The zero-order valence-corrected chi connectivity index (χ0v) is 28.5. The van der Waals surface area contributed by atoms with Crippen LogP contribution in [0.15, 0.2) is 16.6 Å². The molecule has 0 saturated heterocycles. The lowest BCUT2D eigenvalue weighted by atomic mass is 9.33. The Morgan fingerprint density at radius 3 is 2.32 bits per heavy atom. The van der Waals surface area contributed by atoms with Gasteiger partial charge in [0.25, 0.3) is 0 Å². The number of rotatable bonds is 7. The van der Waals surface area contributed by atoms with Crippen LogP contribution in [0, 0.1) is 50.2 Å². The van der Waals surface area contributed by atoms with Gasteiger partial charge in [-0.2, -0.15) is 0 Å². The van der Waals surface area contributed by atoms with E-state index in [1.807, 2.05) is 0 Å². The number of nitrogens with zero attached hydrogens (tertiary/aromatic N) is 1. The van der Waals surface area contributed by atoms with Gasteiger partial charge in [-0.15, -0.1) is 0 Å². The van der Waals surface area contributed by atoms with E-state index in [4.69, 9.17) is 11.5 Å². The van der Waals surface area contributed by atoms with Crippen molar-refractivity contribution in [3.63, 3.8) is 0 Å². The number of carboxylic acids is 1. The van der Waals surface area contributed by atoms with E-state index < -0.39 is 17.4 Å². The van der Waals surface area contributed by atoms with E-state index in [2.05, 4.69) is 64.9 Å². The van der Waals surface area contributed by atoms with Gasteiger partial charge < -0.3 is 27.0 Å². The van der Waals surface area contributed by atoms with Crippen molar-refractivity contribution in [2.45, 2.75) is 138 Å². The smallest absolute Gasteiger partial charge is 0.326 e. The standard InChI is InChI=1S/C36H60N4O4/c1-31(2)16-18-36(29(44)40-24(28(42)43)9-8-20-39-30(37)38)19-17-34(6)22(23(36)21-31)10-11-26-33(5)14-13-27(41)32(3,4)25(33)12-15-35(26,34)7/h10,23-27,41H,8-9,11-21H2,1-7H3,(H,40,44)(H,42,43)(H4,37,38,39)/t23-,24-,25-,26+,27-,33-,34+,35+,36-/m0/s1. The van der Waals surface area contributed by atoms with Gasteiger partial charge in [0, 0.05) is 6.54 Å². The summed E-state index contributed by atoms with van der Waals surface area (Å²) in [6.45, 7) is 17.2. The number of aliphatic hydroxyl groups is 1. The molecule has 0 unspecified atom stereocenters. The van der Waals surface area contributed by atoms with Crippen molar-refractivity contribution < 1.29 is 19.8 Å². The summed E-state index contributed by atoms with van der Waals surface area (Å²) in [5.74, 6) is 0.0357. The van der Waals surface area contributed by atoms with Crippen molar-refractivity contribution in [3.8, 4) is 0 Å². The van der Waals surface area contributed by atoms with Crippen LogP contribution in [0.3, 0.4) is 0 Å². The largest absolute Gasteiger partial charge is 0.480 e. The number of carbonyl (C=O) groups is 2. The molecule has 0 heterocycles. The molecule has 0 spiro atoms. The van der Waals surface area contributed by atoms with Crippen LogP contribution in [-0.2, 0) is 9.59 Å². The fraction of sp³-hybridized carbons (Fsp3) is 0.861. The Labute approximate surface area is 265 Å². The number of hydrogen-bond acceptors (Lipinski definition) is 4. The summed E-state index contributed by atoms with van der Waals surface area (Å²) >= 11 is 0. The van der Waals surface area contributed by atoms with Crippen molar-refractivity contribution in [2.75, 3.05) is 6.54 Å². The summed E-state index contributed by atoms with van der Waals surface area (Å²) in [5, 5.41) is 24.1. The van der Waals surface area contributed by atoms with Crippen LogP contribution in [0.1, 0.15) is 126 Å². The second-order valence-electron chi connectivity index (χ2n) is 17.6. The molecule has 5 aliphatic carbocycles. The first-order chi connectivity index (χ1) is 20.3. The topological polar surface area (TPSA) is 151 Å². The fourth-order valence-corrected chi connectivity index (χ4v) is 11.7. The molecule has 5 rings (SSSR count). The molecule has 0 bridgehead atoms. The normalized spacial score (nSPS) is 42.7. The zero-order valence-electron chi connectivity index (χ0n) is 28.5. The highest BCUT2D eigenvalue weighted by Gasteiger charge is 2.69. The second kappa shape index (κ2) is 11.0. The van der Waals surface area contributed by atoms with Crippen LogP contribution < -0.4 is 16.8 Å². The van der Waals surface area contributed by atoms with E-state index in [1.165, 1.54) is 5.57 Å². The second-order valence-corrected chi connectivity index (χ2v) is 17.6. The highest BCUT2D eigenvalue weighted by molar-refractivity contribution is 5.88. The monoisotopic (exact) mass is 612 g/mol. The molecule has 4 fully saturated rings. The van der Waals surface area contributed by atoms with Crippen LogP contribution >= 0.6 is 0 Å². The molecule has 4 saturated carbocycles. The number of aliphatic carboxylic acids is 1. The number of aliphatic imine (C=N–C) groups is 1. The summed E-state index contributed by atoms with van der Waals surface area (Å²) in [4.78, 5) is 30.7. The van der Waals surface area contributed by atoms with Crippen LogP contribution in [0.25, 0.3) is 0 Å². The van der Waals surface area contributed by atoms with Crippen molar-refractivity contribution >= 4 is 17.8 Å². The first-order valence-corrected chi connectivity index (χ1v) is 17.3. The predicted molar refractivity (Wildman–Crippen MR) is 175 cm³/mol. The van der Waals surface area contributed by atoms with E-state index in [9.17, 15) is 19.8 Å². The van der Waals surface area contributed by atoms with Crippen molar-refractivity contribution in [3.05, 3.63) is 11.6 Å². The van der Waals surface area contributed by atoms with E-state index in [1.54, 1.807) is 0 Å². The van der Waals surface area contributed by atoms with E-state index >= 15 is 0 Å². The first kappa shape index (κ1) is 33.3. The minimum atomic E-state index is -1.01. The Kier molecular flexibility index (Phi) is 8.33. The molecule has 1 amide bonds. The molecular formula is C36H60N4O4. The molecule has 8 nitrogen and oxygen atoms in total. The number of fused-ring (bicyclic) bond motifs is 7. The van der Waals surface area contributed by atoms with Gasteiger partial charge in [0.2, 0.25) is 5.91 Å². The lowest BCUT2D eigenvalue weighted by molar-refractivity contribution is -0.203. The van der Waals surface area contributed by atoms with E-state index in [0.29, 0.717) is 24.8 Å². The Morgan fingerprint density at radius 1 is 0.977 bits per heavy atom. The van der Waals surface area contributed by atoms with Crippen molar-refractivity contribution in [2.24, 2.45) is 66.7 Å². The van der Waals surface area contributed by atoms with Crippen molar-refractivity contribution in [1.82, 2.24) is 5.32 Å². The quantitative estimate of drug-likeness (QED) is 0.107. The van der Waals surface area contributed by atoms with E-state index in [0.717, 1.165) is 64.2 Å². The highest BCUT2D eigenvalue weighted by atomic mass is 16.4. The number of nitrogens with two attached hydrogens (primary N) is 2. The molecule has 0 radical (unpaired) electrons. The summed E-state index contributed by atoms with van der Waals surface area (Å²) in [6.07, 6.45) is 12.8. The van der Waals surface area contributed by atoms with Gasteiger partial charge in [0.15, 0.2) is 5.96 Å². The number of hydrogen-bond donors (Lipinski definition) is 5. The average Bonchev–Trinajstić information content (AvgIpc) is 2.92. The molecular weight excluding hydrogens is 552 g/mol. The summed E-state index contributed by atoms with van der Waals surface area (Å²) in [6, 6.07) is -0.961. The predicted octanol–water partition coefficient (Wildman–Crippen LogP) is 5.77. The number of carboxylic acid groups (broad SMARTS) is 1. The molecule has 9 atom stereocenters. The van der Waals surface area contributed by atoms with Crippen molar-refractivity contribution in [1.29, 1.82) is 0 Å². The minimum absolute atomic E-state index is 0.0123. The van der Waals surface area contributed by atoms with Crippen LogP contribution in [0.5, 0.6) is 0 Å². The van der Waals surface area contributed by atoms with Gasteiger partial charge in [-0.1, -0.05) is 60.1 Å². The van der Waals surface area contributed by atoms with E-state index in [-0.39, 0.29) is 57.4 Å². The van der Waals surface area contributed by atoms with Gasteiger partial charge >= 0.3 is 5.97 Å². The molecule has 0 aromatic heterocycles. The summed E-state index contributed by atoms with van der Waals surface area (Å²) < 4.78 is 0. The highest BCUT2D eigenvalue weighted by Crippen LogP contribution is 2.75. The third-order valence-corrected chi connectivity index (χ3v) is 14.6. The zero-order chi connectivity index (χ0) is 32.5. The first-order valence-electron chi connectivity index (χ1n) is 17.3.